The van der Waals surface area contributed by atoms with Gasteiger partial charge in [0.25, 0.3) is 5.91 Å². The third kappa shape index (κ3) is 3.45. The SMILES string of the molecule is Cc1ccc(Br)c(C(=O)Nc2ccc(Br)cc2C)c1. The Kier molecular flexibility index (Phi) is 4.42. The highest BCUT2D eigenvalue weighted by Crippen LogP contribution is 2.23. The summed E-state index contributed by atoms with van der Waals surface area (Å²) in [4.78, 5) is 12.3. The van der Waals surface area contributed by atoms with Gasteiger partial charge in [-0.15, -0.1) is 0 Å². The zero-order valence-electron chi connectivity index (χ0n) is 10.6. The van der Waals surface area contributed by atoms with Crippen molar-refractivity contribution in [2.24, 2.45) is 0 Å². The van der Waals surface area contributed by atoms with Crippen LogP contribution in [0.5, 0.6) is 0 Å². The number of carbonyl (C=O) groups is 1. The van der Waals surface area contributed by atoms with E-state index in [9.17, 15) is 4.79 Å². The Morgan fingerprint density at radius 2 is 1.79 bits per heavy atom. The second kappa shape index (κ2) is 5.88. The van der Waals surface area contributed by atoms with Crippen molar-refractivity contribution in [2.75, 3.05) is 5.32 Å². The molecule has 0 atom stereocenters. The minimum absolute atomic E-state index is 0.110. The first-order valence-electron chi connectivity index (χ1n) is 5.81. The zero-order valence-corrected chi connectivity index (χ0v) is 13.8. The molecule has 0 aliphatic heterocycles. The lowest BCUT2D eigenvalue weighted by atomic mass is 10.1. The van der Waals surface area contributed by atoms with Crippen LogP contribution in [0.15, 0.2) is 45.3 Å². The van der Waals surface area contributed by atoms with Crippen LogP contribution >= 0.6 is 31.9 Å². The molecule has 2 aromatic rings. The molecule has 0 aromatic heterocycles. The fourth-order valence-electron chi connectivity index (χ4n) is 1.77. The molecule has 4 heteroatoms. The van der Waals surface area contributed by atoms with Crippen molar-refractivity contribution in [1.29, 1.82) is 0 Å². The second-order valence-corrected chi connectivity index (χ2v) is 6.17. The number of rotatable bonds is 2. The predicted molar refractivity (Wildman–Crippen MR) is 85.7 cm³/mol. The third-order valence-electron chi connectivity index (χ3n) is 2.80. The first-order chi connectivity index (χ1) is 8.97. The van der Waals surface area contributed by atoms with Crippen LogP contribution in [0, 0.1) is 13.8 Å². The third-order valence-corrected chi connectivity index (χ3v) is 3.99. The van der Waals surface area contributed by atoms with Gasteiger partial charge in [0, 0.05) is 14.6 Å². The fraction of sp³-hybridized carbons (Fsp3) is 0.133. The monoisotopic (exact) mass is 381 g/mol. The summed E-state index contributed by atoms with van der Waals surface area (Å²) in [6, 6.07) is 11.5. The van der Waals surface area contributed by atoms with Gasteiger partial charge in [-0.05, 0) is 65.7 Å². The Hall–Kier alpha value is -1.13. The van der Waals surface area contributed by atoms with E-state index in [-0.39, 0.29) is 5.91 Å². The summed E-state index contributed by atoms with van der Waals surface area (Å²) in [7, 11) is 0. The van der Waals surface area contributed by atoms with Crippen LogP contribution in [0.3, 0.4) is 0 Å². The minimum Gasteiger partial charge on any atom is -0.322 e. The molecule has 0 radical (unpaired) electrons. The van der Waals surface area contributed by atoms with E-state index in [4.69, 9.17) is 0 Å². The molecule has 0 saturated heterocycles. The normalized spacial score (nSPS) is 10.3. The number of amides is 1. The fourth-order valence-corrected chi connectivity index (χ4v) is 2.67. The molecule has 0 aliphatic carbocycles. The largest absolute Gasteiger partial charge is 0.322 e. The maximum absolute atomic E-state index is 12.3. The summed E-state index contributed by atoms with van der Waals surface area (Å²) in [5, 5.41) is 2.93. The lowest BCUT2D eigenvalue weighted by Crippen LogP contribution is -2.13. The number of hydrogen-bond acceptors (Lipinski definition) is 1. The van der Waals surface area contributed by atoms with Crippen LogP contribution in [-0.4, -0.2) is 5.91 Å². The summed E-state index contributed by atoms with van der Waals surface area (Å²) in [6.45, 7) is 3.93. The quantitative estimate of drug-likeness (QED) is 0.770. The predicted octanol–water partition coefficient (Wildman–Crippen LogP) is 5.08. The molecule has 0 fully saturated rings. The first-order valence-corrected chi connectivity index (χ1v) is 7.39. The number of carbonyl (C=O) groups excluding carboxylic acids is 1. The summed E-state index contributed by atoms with van der Waals surface area (Å²) >= 11 is 6.81. The van der Waals surface area contributed by atoms with E-state index in [2.05, 4.69) is 37.2 Å². The Morgan fingerprint density at radius 1 is 1.05 bits per heavy atom. The molecule has 2 rings (SSSR count). The molecule has 1 N–H and O–H groups in total. The molecule has 0 bridgehead atoms. The van der Waals surface area contributed by atoms with Crippen molar-refractivity contribution in [3.05, 3.63) is 62.0 Å². The Labute approximate surface area is 129 Å². The highest BCUT2D eigenvalue weighted by atomic mass is 79.9. The van der Waals surface area contributed by atoms with Gasteiger partial charge in [-0.25, -0.2) is 0 Å². The van der Waals surface area contributed by atoms with Crippen LogP contribution in [-0.2, 0) is 0 Å². The average molecular weight is 383 g/mol. The summed E-state index contributed by atoms with van der Waals surface area (Å²) in [5.41, 5.74) is 3.54. The van der Waals surface area contributed by atoms with Crippen LogP contribution < -0.4 is 5.32 Å². The smallest absolute Gasteiger partial charge is 0.256 e. The maximum atomic E-state index is 12.3. The van der Waals surface area contributed by atoms with Crippen LogP contribution in [0.4, 0.5) is 5.69 Å². The summed E-state index contributed by atoms with van der Waals surface area (Å²) in [5.74, 6) is -0.110. The van der Waals surface area contributed by atoms with Crippen LogP contribution in [0.2, 0.25) is 0 Å². The molecule has 2 aromatic carbocycles. The van der Waals surface area contributed by atoms with E-state index < -0.39 is 0 Å². The van der Waals surface area contributed by atoms with E-state index in [1.165, 1.54) is 0 Å². The van der Waals surface area contributed by atoms with Crippen molar-refractivity contribution in [1.82, 2.24) is 0 Å². The van der Waals surface area contributed by atoms with Gasteiger partial charge in [-0.3, -0.25) is 4.79 Å². The van der Waals surface area contributed by atoms with Crippen molar-refractivity contribution in [2.45, 2.75) is 13.8 Å². The maximum Gasteiger partial charge on any atom is 0.256 e. The molecule has 0 unspecified atom stereocenters. The van der Waals surface area contributed by atoms with Gasteiger partial charge in [0.1, 0.15) is 0 Å². The average Bonchev–Trinajstić information content (AvgIpc) is 2.35. The number of aryl methyl sites for hydroxylation is 2. The van der Waals surface area contributed by atoms with Gasteiger partial charge in [0.05, 0.1) is 5.56 Å². The minimum atomic E-state index is -0.110. The standard InChI is InChI=1S/C15H13Br2NO/c1-9-3-5-13(17)12(7-9)15(19)18-14-6-4-11(16)8-10(14)2/h3-8H,1-2H3,(H,18,19). The van der Waals surface area contributed by atoms with Crippen molar-refractivity contribution in [3.8, 4) is 0 Å². The Balaban J connectivity index is 2.28. The van der Waals surface area contributed by atoms with Gasteiger partial charge >= 0.3 is 0 Å². The number of anilines is 1. The number of benzene rings is 2. The number of hydrogen-bond donors (Lipinski definition) is 1. The molecule has 0 spiro atoms. The molecule has 19 heavy (non-hydrogen) atoms. The van der Waals surface area contributed by atoms with E-state index in [0.29, 0.717) is 5.56 Å². The Morgan fingerprint density at radius 3 is 2.47 bits per heavy atom. The molecular weight excluding hydrogens is 370 g/mol. The van der Waals surface area contributed by atoms with Gasteiger partial charge in [0.15, 0.2) is 0 Å². The van der Waals surface area contributed by atoms with E-state index in [0.717, 1.165) is 25.8 Å². The van der Waals surface area contributed by atoms with Crippen molar-refractivity contribution >= 4 is 43.5 Å². The topological polar surface area (TPSA) is 29.1 Å². The first kappa shape index (κ1) is 14.3. The number of halogens is 2. The highest BCUT2D eigenvalue weighted by Gasteiger charge is 2.11. The molecule has 98 valence electrons. The second-order valence-electron chi connectivity index (χ2n) is 4.40. The Bertz CT molecular complexity index is 638. The van der Waals surface area contributed by atoms with Crippen molar-refractivity contribution in [3.63, 3.8) is 0 Å². The molecule has 0 saturated carbocycles. The van der Waals surface area contributed by atoms with Crippen molar-refractivity contribution < 1.29 is 4.79 Å². The van der Waals surface area contributed by atoms with Crippen LogP contribution in [0.25, 0.3) is 0 Å². The molecule has 0 aliphatic rings. The van der Waals surface area contributed by atoms with E-state index in [1.54, 1.807) is 0 Å². The summed E-state index contributed by atoms with van der Waals surface area (Å²) < 4.78 is 1.80. The highest BCUT2D eigenvalue weighted by molar-refractivity contribution is 9.10. The van der Waals surface area contributed by atoms with Gasteiger partial charge in [-0.1, -0.05) is 27.6 Å². The molecule has 2 nitrogen and oxygen atoms in total. The lowest BCUT2D eigenvalue weighted by molar-refractivity contribution is 0.102. The lowest BCUT2D eigenvalue weighted by Gasteiger charge is -2.10. The molecule has 1 amide bonds. The zero-order chi connectivity index (χ0) is 14.0. The van der Waals surface area contributed by atoms with Crippen LogP contribution in [0.1, 0.15) is 21.5 Å². The summed E-state index contributed by atoms with van der Waals surface area (Å²) in [6.07, 6.45) is 0. The number of nitrogens with one attached hydrogen (secondary N) is 1. The van der Waals surface area contributed by atoms with Gasteiger partial charge in [-0.2, -0.15) is 0 Å². The van der Waals surface area contributed by atoms with E-state index >= 15 is 0 Å². The van der Waals surface area contributed by atoms with E-state index in [1.807, 2.05) is 50.2 Å². The van der Waals surface area contributed by atoms with Gasteiger partial charge in [0.2, 0.25) is 0 Å². The van der Waals surface area contributed by atoms with Gasteiger partial charge < -0.3 is 5.32 Å². The molecular formula is C15H13Br2NO. The molecule has 0 heterocycles.